The summed E-state index contributed by atoms with van der Waals surface area (Å²) in [6.07, 6.45) is -1.50. The fourth-order valence-electron chi connectivity index (χ4n) is 5.00. The number of alkyl halides is 3. The zero-order chi connectivity index (χ0) is 31.2. The minimum atomic E-state index is -4.64. The molecule has 232 valence electrons. The molecule has 6 N–H and O–H groups in total. The molecule has 0 aliphatic heterocycles. The number of benzene rings is 2. The first-order chi connectivity index (χ1) is 20.9. The summed E-state index contributed by atoms with van der Waals surface area (Å²) in [5.74, 6) is -1.09. The first-order valence-corrected chi connectivity index (χ1v) is 14.8. The van der Waals surface area contributed by atoms with E-state index in [2.05, 4.69) is 15.3 Å². The SMILES string of the molecule is NCc1cc([C@@](O)(CNC(=O)c2cc(OC3CC3)c3nc(N)sc3c2)C2CC2)nc(-c2ccc(F)cc2)c1OCC(F)(F)F. The van der Waals surface area contributed by atoms with Crippen LogP contribution in [0.15, 0.2) is 42.5 Å². The Balaban J connectivity index is 1.33. The lowest BCUT2D eigenvalue weighted by Crippen LogP contribution is -2.43. The molecule has 44 heavy (non-hydrogen) atoms. The highest BCUT2D eigenvalue weighted by molar-refractivity contribution is 7.22. The van der Waals surface area contributed by atoms with Crippen LogP contribution < -0.4 is 26.3 Å². The lowest BCUT2D eigenvalue weighted by atomic mass is 9.90. The predicted molar refractivity (Wildman–Crippen MR) is 156 cm³/mol. The van der Waals surface area contributed by atoms with Crippen molar-refractivity contribution in [2.75, 3.05) is 18.9 Å². The number of ether oxygens (including phenoxy) is 2. The fraction of sp³-hybridized carbons (Fsp3) is 0.367. The minimum absolute atomic E-state index is 0.0345. The normalized spacial score (nSPS) is 16.5. The van der Waals surface area contributed by atoms with E-state index in [1.54, 1.807) is 12.1 Å². The minimum Gasteiger partial charge on any atom is -0.488 e. The van der Waals surface area contributed by atoms with Gasteiger partial charge in [0.25, 0.3) is 5.91 Å². The summed E-state index contributed by atoms with van der Waals surface area (Å²) in [6, 6.07) is 9.63. The number of thiazole rings is 1. The van der Waals surface area contributed by atoms with Crippen LogP contribution in [0.3, 0.4) is 0 Å². The first-order valence-electron chi connectivity index (χ1n) is 14.0. The number of aliphatic hydroxyl groups is 1. The number of pyridine rings is 1. The molecule has 4 aromatic rings. The second-order valence-electron chi connectivity index (χ2n) is 11.0. The molecule has 0 spiro atoms. The van der Waals surface area contributed by atoms with Gasteiger partial charge in [-0.3, -0.25) is 4.79 Å². The summed E-state index contributed by atoms with van der Waals surface area (Å²) >= 11 is 1.22. The Kier molecular flexibility index (Phi) is 7.84. The third-order valence-electron chi connectivity index (χ3n) is 7.54. The van der Waals surface area contributed by atoms with E-state index in [-0.39, 0.29) is 58.9 Å². The number of nitrogen functional groups attached to an aromatic ring is 1. The van der Waals surface area contributed by atoms with E-state index in [0.29, 0.717) is 33.9 Å². The van der Waals surface area contributed by atoms with E-state index in [1.807, 2.05) is 0 Å². The number of anilines is 1. The lowest BCUT2D eigenvalue weighted by Gasteiger charge is -2.30. The second-order valence-corrected chi connectivity index (χ2v) is 12.1. The maximum absolute atomic E-state index is 13.7. The van der Waals surface area contributed by atoms with Crippen LogP contribution in [0.25, 0.3) is 21.5 Å². The molecule has 0 bridgehead atoms. The van der Waals surface area contributed by atoms with E-state index in [4.69, 9.17) is 20.9 Å². The number of rotatable bonds is 11. The maximum atomic E-state index is 13.7. The van der Waals surface area contributed by atoms with Crippen LogP contribution in [-0.2, 0) is 12.1 Å². The second kappa shape index (κ2) is 11.5. The zero-order valence-electron chi connectivity index (χ0n) is 23.3. The fourth-order valence-corrected chi connectivity index (χ4v) is 5.79. The molecular formula is C30H29F4N5O4S. The Morgan fingerprint density at radius 2 is 1.82 bits per heavy atom. The summed E-state index contributed by atoms with van der Waals surface area (Å²) < 4.78 is 64.9. The Morgan fingerprint density at radius 3 is 2.45 bits per heavy atom. The maximum Gasteiger partial charge on any atom is 0.422 e. The molecule has 2 aromatic carbocycles. The first kappa shape index (κ1) is 30.0. The van der Waals surface area contributed by atoms with Crippen molar-refractivity contribution < 1.29 is 36.9 Å². The molecule has 2 aliphatic rings. The summed E-state index contributed by atoms with van der Waals surface area (Å²) in [6.45, 7) is -2.08. The van der Waals surface area contributed by atoms with Crippen LogP contribution in [0.2, 0.25) is 0 Å². The summed E-state index contributed by atoms with van der Waals surface area (Å²) in [5.41, 5.74) is 11.5. The van der Waals surface area contributed by atoms with Gasteiger partial charge < -0.3 is 31.4 Å². The van der Waals surface area contributed by atoms with Crippen molar-refractivity contribution in [1.82, 2.24) is 15.3 Å². The molecule has 2 aliphatic carbocycles. The number of hydrogen-bond acceptors (Lipinski definition) is 9. The average molecular weight is 632 g/mol. The Bertz CT molecular complexity index is 1710. The van der Waals surface area contributed by atoms with Crippen molar-refractivity contribution in [3.8, 4) is 22.8 Å². The predicted octanol–water partition coefficient (Wildman–Crippen LogP) is 5.05. The number of amides is 1. The van der Waals surface area contributed by atoms with Crippen LogP contribution in [0.1, 0.15) is 47.3 Å². The van der Waals surface area contributed by atoms with Crippen LogP contribution in [0, 0.1) is 11.7 Å². The Labute approximate surface area is 253 Å². The van der Waals surface area contributed by atoms with Gasteiger partial charge in [-0.05, 0) is 74.1 Å². The topological polar surface area (TPSA) is 146 Å². The van der Waals surface area contributed by atoms with Crippen LogP contribution in [-0.4, -0.2) is 46.4 Å². The van der Waals surface area contributed by atoms with Crippen molar-refractivity contribution in [3.63, 3.8) is 0 Å². The number of nitrogens with one attached hydrogen (secondary N) is 1. The number of halogens is 4. The van der Waals surface area contributed by atoms with E-state index in [1.165, 1.54) is 29.5 Å². The van der Waals surface area contributed by atoms with Gasteiger partial charge in [0, 0.05) is 23.2 Å². The highest BCUT2D eigenvalue weighted by Crippen LogP contribution is 2.47. The van der Waals surface area contributed by atoms with Gasteiger partial charge in [0.1, 0.15) is 28.4 Å². The standard InChI is InChI=1S/C30H29F4N5O4S/c31-19-5-1-15(2-6-19)24-26(42-14-30(32,33)34)17(12-35)11-23(38-24)29(41,18-3-4-18)13-37-27(40)16-9-21(43-20-7-8-20)25-22(10-16)44-28(36)39-25/h1-2,5-6,9-11,18,20,41H,3-4,7-8,12-14,35H2,(H2,36,39)(H,37,40)/t29-/m1/s1. The van der Waals surface area contributed by atoms with Gasteiger partial charge in [0.15, 0.2) is 17.5 Å². The molecule has 2 heterocycles. The van der Waals surface area contributed by atoms with Crippen molar-refractivity contribution >= 4 is 32.6 Å². The molecule has 0 saturated heterocycles. The number of hydrogen-bond donors (Lipinski definition) is 4. The van der Waals surface area contributed by atoms with E-state index in [9.17, 15) is 27.5 Å². The average Bonchev–Trinajstić information content (AvgIpc) is 3.92. The molecule has 14 heteroatoms. The smallest absolute Gasteiger partial charge is 0.422 e. The lowest BCUT2D eigenvalue weighted by molar-refractivity contribution is -0.153. The molecule has 2 saturated carbocycles. The number of nitrogens with two attached hydrogens (primary N) is 2. The van der Waals surface area contributed by atoms with Crippen molar-refractivity contribution in [2.45, 2.75) is 50.1 Å². The van der Waals surface area contributed by atoms with Gasteiger partial charge >= 0.3 is 6.18 Å². The number of carbonyl (C=O) groups excluding carboxylic acids is 1. The number of nitrogens with zero attached hydrogens (tertiary/aromatic N) is 2. The third-order valence-corrected chi connectivity index (χ3v) is 8.37. The molecular weight excluding hydrogens is 602 g/mol. The van der Waals surface area contributed by atoms with Crippen LogP contribution in [0.4, 0.5) is 22.7 Å². The summed E-state index contributed by atoms with van der Waals surface area (Å²) in [7, 11) is 0. The molecule has 0 unspecified atom stereocenters. The van der Waals surface area contributed by atoms with Crippen molar-refractivity contribution in [3.05, 3.63) is 65.1 Å². The van der Waals surface area contributed by atoms with E-state index >= 15 is 0 Å². The Hall–Kier alpha value is -4.01. The van der Waals surface area contributed by atoms with Crippen molar-refractivity contribution in [2.24, 2.45) is 11.7 Å². The van der Waals surface area contributed by atoms with E-state index < -0.39 is 30.1 Å². The molecule has 6 rings (SSSR count). The number of fused-ring (bicyclic) bond motifs is 1. The monoisotopic (exact) mass is 631 g/mol. The molecule has 0 radical (unpaired) electrons. The quantitative estimate of drug-likeness (QED) is 0.168. The highest BCUT2D eigenvalue weighted by Gasteiger charge is 2.47. The number of carbonyl (C=O) groups is 1. The van der Waals surface area contributed by atoms with Gasteiger partial charge in [-0.2, -0.15) is 13.2 Å². The zero-order valence-corrected chi connectivity index (χ0v) is 24.1. The van der Waals surface area contributed by atoms with Crippen LogP contribution >= 0.6 is 11.3 Å². The Morgan fingerprint density at radius 1 is 1.09 bits per heavy atom. The molecule has 2 aromatic heterocycles. The summed E-state index contributed by atoms with van der Waals surface area (Å²) in [4.78, 5) is 22.3. The molecule has 1 atom stereocenters. The number of aromatic nitrogens is 2. The summed E-state index contributed by atoms with van der Waals surface area (Å²) in [5, 5.41) is 15.1. The molecule has 1 amide bonds. The molecule has 2 fully saturated rings. The van der Waals surface area contributed by atoms with Gasteiger partial charge in [-0.25, -0.2) is 14.4 Å². The van der Waals surface area contributed by atoms with Gasteiger partial charge in [0.05, 0.1) is 23.0 Å². The van der Waals surface area contributed by atoms with E-state index in [0.717, 1.165) is 25.0 Å². The molecule has 9 nitrogen and oxygen atoms in total. The highest BCUT2D eigenvalue weighted by atomic mass is 32.1. The van der Waals surface area contributed by atoms with Crippen molar-refractivity contribution in [1.29, 1.82) is 0 Å². The van der Waals surface area contributed by atoms with Crippen LogP contribution in [0.5, 0.6) is 11.5 Å². The van der Waals surface area contributed by atoms with Gasteiger partial charge in [0.2, 0.25) is 0 Å². The van der Waals surface area contributed by atoms with Gasteiger partial charge in [-0.1, -0.05) is 11.3 Å². The third kappa shape index (κ3) is 6.42. The van der Waals surface area contributed by atoms with Gasteiger partial charge in [-0.15, -0.1) is 0 Å². The largest absolute Gasteiger partial charge is 0.488 e.